The molecule has 0 aliphatic rings. The largest absolute Gasteiger partial charge is 0.516 e. The minimum absolute atomic E-state index is 0.0481. The van der Waals surface area contributed by atoms with Gasteiger partial charge < -0.3 is 14.4 Å². The first-order valence-electron chi connectivity index (χ1n) is 6.66. The molecule has 0 unspecified atom stereocenters. The van der Waals surface area contributed by atoms with Gasteiger partial charge in [0.15, 0.2) is 11.6 Å². The Morgan fingerprint density at radius 2 is 2.09 bits per heavy atom. The summed E-state index contributed by atoms with van der Waals surface area (Å²) < 4.78 is 23.2. The highest BCUT2D eigenvalue weighted by molar-refractivity contribution is 5.63. The van der Waals surface area contributed by atoms with Crippen molar-refractivity contribution in [1.29, 1.82) is 0 Å². The van der Waals surface area contributed by atoms with E-state index in [1.807, 2.05) is 18.2 Å². The van der Waals surface area contributed by atoms with Crippen molar-refractivity contribution < 1.29 is 18.7 Å². The number of nitrogens with zero attached hydrogens (tertiary/aromatic N) is 4. The summed E-state index contributed by atoms with van der Waals surface area (Å²) in [5, 5.41) is 0. The van der Waals surface area contributed by atoms with Gasteiger partial charge >= 0.3 is 12.2 Å². The Morgan fingerprint density at radius 3 is 2.78 bits per heavy atom. The zero-order chi connectivity index (χ0) is 16.7. The highest BCUT2D eigenvalue weighted by Gasteiger charge is 2.12. The first-order chi connectivity index (χ1) is 11.0. The number of aliphatic imine (C=N–C) groups is 1. The average molecular weight is 318 g/mol. The molecule has 0 aliphatic carbocycles. The van der Waals surface area contributed by atoms with E-state index in [1.165, 1.54) is 6.34 Å². The van der Waals surface area contributed by atoms with E-state index in [0.29, 0.717) is 0 Å². The summed E-state index contributed by atoms with van der Waals surface area (Å²) in [4.78, 5) is 24.3. The quantitative estimate of drug-likeness (QED) is 0.479. The first kappa shape index (κ1) is 16.3. The van der Waals surface area contributed by atoms with Crippen LogP contribution in [-0.2, 0) is 11.3 Å². The van der Waals surface area contributed by atoms with Gasteiger partial charge in [-0.05, 0) is 5.56 Å². The van der Waals surface area contributed by atoms with Crippen LogP contribution in [0.2, 0.25) is 0 Å². The van der Waals surface area contributed by atoms with Crippen LogP contribution in [-0.4, -0.2) is 41.5 Å². The normalized spacial score (nSPS) is 10.6. The second kappa shape index (κ2) is 7.83. The molecular formula is C15H15FN4O3. The lowest BCUT2D eigenvalue weighted by Crippen LogP contribution is -2.12. The molecule has 0 saturated carbocycles. The molecule has 1 aromatic heterocycles. The number of carbonyl (C=O) groups is 1. The molecule has 0 spiro atoms. The van der Waals surface area contributed by atoms with Gasteiger partial charge in [-0.15, -0.1) is 0 Å². The molecular weight excluding hydrogens is 303 g/mol. The molecule has 0 radical (unpaired) electrons. The zero-order valence-electron chi connectivity index (χ0n) is 12.6. The highest BCUT2D eigenvalue weighted by Crippen LogP contribution is 2.16. The maximum atomic E-state index is 13.5. The molecule has 120 valence electrons. The van der Waals surface area contributed by atoms with Crippen molar-refractivity contribution in [3.63, 3.8) is 0 Å². The Hall–Kier alpha value is -3.03. The summed E-state index contributed by atoms with van der Waals surface area (Å²) in [6.07, 6.45) is 1.25. The van der Waals surface area contributed by atoms with Crippen LogP contribution in [0.25, 0.3) is 0 Å². The van der Waals surface area contributed by atoms with Gasteiger partial charge in [0.2, 0.25) is 0 Å². The van der Waals surface area contributed by atoms with Gasteiger partial charge in [-0.1, -0.05) is 30.3 Å². The van der Waals surface area contributed by atoms with Crippen molar-refractivity contribution in [3.8, 4) is 6.01 Å². The molecule has 2 aromatic rings. The van der Waals surface area contributed by atoms with E-state index >= 15 is 0 Å². The lowest BCUT2D eigenvalue weighted by molar-refractivity contribution is 0.0895. The lowest BCUT2D eigenvalue weighted by Gasteiger charge is -2.06. The number of aromatic nitrogens is 2. The fraction of sp³-hybridized carbons (Fsp3) is 0.200. The van der Waals surface area contributed by atoms with Gasteiger partial charge in [-0.2, -0.15) is 4.98 Å². The van der Waals surface area contributed by atoms with Crippen LogP contribution < -0.4 is 4.74 Å². The van der Waals surface area contributed by atoms with Gasteiger partial charge in [0.05, 0.1) is 12.5 Å². The van der Waals surface area contributed by atoms with Gasteiger partial charge in [-0.25, -0.2) is 19.2 Å². The summed E-state index contributed by atoms with van der Waals surface area (Å²) in [6, 6.07) is 8.76. The maximum absolute atomic E-state index is 13.5. The van der Waals surface area contributed by atoms with Crippen molar-refractivity contribution in [2.45, 2.75) is 6.61 Å². The van der Waals surface area contributed by atoms with Crippen molar-refractivity contribution in [3.05, 3.63) is 47.9 Å². The minimum atomic E-state index is -0.983. The van der Waals surface area contributed by atoms with E-state index in [1.54, 1.807) is 31.1 Å². The summed E-state index contributed by atoms with van der Waals surface area (Å²) in [5.41, 5.74) is 0.806. The van der Waals surface area contributed by atoms with E-state index in [0.717, 1.165) is 11.8 Å². The maximum Gasteiger partial charge on any atom is 0.516 e. The topological polar surface area (TPSA) is 76.9 Å². The molecule has 0 amide bonds. The number of rotatable bonds is 5. The summed E-state index contributed by atoms with van der Waals surface area (Å²) in [5.74, 6) is -0.965. The van der Waals surface area contributed by atoms with Crippen LogP contribution in [0.15, 0.2) is 41.5 Å². The smallest absolute Gasteiger partial charge is 0.429 e. The molecule has 0 atom stereocenters. The van der Waals surface area contributed by atoms with Gasteiger partial charge in [-0.3, -0.25) is 0 Å². The van der Waals surface area contributed by atoms with E-state index in [4.69, 9.17) is 9.47 Å². The monoisotopic (exact) mass is 318 g/mol. The third kappa shape index (κ3) is 5.34. The third-order valence-corrected chi connectivity index (χ3v) is 2.49. The predicted molar refractivity (Wildman–Crippen MR) is 81.1 cm³/mol. The Kier molecular flexibility index (Phi) is 5.56. The van der Waals surface area contributed by atoms with Crippen molar-refractivity contribution in [1.82, 2.24) is 14.9 Å². The van der Waals surface area contributed by atoms with E-state index in [9.17, 15) is 9.18 Å². The van der Waals surface area contributed by atoms with Gasteiger partial charge in [0.25, 0.3) is 0 Å². The SMILES string of the molecule is CN(C)C=Nc1nc(OC(=O)OCc2ccccc2)ncc1F. The Bertz CT molecular complexity index is 692. The van der Waals surface area contributed by atoms with Crippen LogP contribution in [0.3, 0.4) is 0 Å². The number of ether oxygens (including phenoxy) is 2. The van der Waals surface area contributed by atoms with E-state index in [-0.39, 0.29) is 18.4 Å². The second-order valence-electron chi connectivity index (χ2n) is 4.66. The predicted octanol–water partition coefficient (Wildman–Crippen LogP) is 2.55. The van der Waals surface area contributed by atoms with Crippen molar-refractivity contribution >= 4 is 18.3 Å². The number of halogens is 1. The molecule has 2 rings (SSSR count). The number of hydrogen-bond donors (Lipinski definition) is 0. The number of hydrogen-bond acceptors (Lipinski definition) is 6. The Morgan fingerprint density at radius 1 is 1.35 bits per heavy atom. The molecule has 0 saturated heterocycles. The summed E-state index contributed by atoms with van der Waals surface area (Å²) in [7, 11) is 3.45. The Labute approximate surface area is 132 Å². The molecule has 0 N–H and O–H groups in total. The zero-order valence-corrected chi connectivity index (χ0v) is 12.6. The highest BCUT2D eigenvalue weighted by atomic mass is 19.1. The molecule has 1 aromatic carbocycles. The number of carbonyl (C=O) groups excluding carboxylic acids is 1. The third-order valence-electron chi connectivity index (χ3n) is 2.49. The molecule has 0 aliphatic heterocycles. The second-order valence-corrected chi connectivity index (χ2v) is 4.66. The van der Waals surface area contributed by atoms with Crippen LogP contribution in [0.5, 0.6) is 6.01 Å². The molecule has 23 heavy (non-hydrogen) atoms. The van der Waals surface area contributed by atoms with Crippen LogP contribution in [0, 0.1) is 5.82 Å². The van der Waals surface area contributed by atoms with E-state index < -0.39 is 12.0 Å². The minimum Gasteiger partial charge on any atom is -0.429 e. The molecule has 1 heterocycles. The Balaban J connectivity index is 1.96. The van der Waals surface area contributed by atoms with Crippen LogP contribution in [0.1, 0.15) is 5.56 Å². The summed E-state index contributed by atoms with van der Waals surface area (Å²) in [6.45, 7) is 0.0481. The first-order valence-corrected chi connectivity index (χ1v) is 6.66. The van der Waals surface area contributed by atoms with Crippen molar-refractivity contribution in [2.75, 3.05) is 14.1 Å². The van der Waals surface area contributed by atoms with E-state index in [2.05, 4.69) is 15.0 Å². The summed E-state index contributed by atoms with van der Waals surface area (Å²) >= 11 is 0. The fourth-order valence-electron chi connectivity index (χ4n) is 1.47. The number of benzene rings is 1. The van der Waals surface area contributed by atoms with Crippen LogP contribution in [0.4, 0.5) is 15.0 Å². The fourth-order valence-corrected chi connectivity index (χ4v) is 1.47. The molecule has 0 fully saturated rings. The molecule has 7 nitrogen and oxygen atoms in total. The standard InChI is InChI=1S/C15H15FN4O3/c1-20(2)10-18-13-12(16)8-17-14(19-13)23-15(21)22-9-11-6-4-3-5-7-11/h3-8,10H,9H2,1-2H3. The molecule has 8 heteroatoms. The van der Waals surface area contributed by atoms with Gasteiger partial charge in [0, 0.05) is 14.1 Å². The van der Waals surface area contributed by atoms with Gasteiger partial charge in [0.1, 0.15) is 6.61 Å². The average Bonchev–Trinajstić information content (AvgIpc) is 2.54. The lowest BCUT2D eigenvalue weighted by atomic mass is 10.2. The van der Waals surface area contributed by atoms with Crippen LogP contribution >= 0.6 is 0 Å². The molecule has 0 bridgehead atoms. The van der Waals surface area contributed by atoms with Crippen molar-refractivity contribution in [2.24, 2.45) is 4.99 Å².